The van der Waals surface area contributed by atoms with Gasteiger partial charge in [-0.15, -0.1) is 0 Å². The van der Waals surface area contributed by atoms with E-state index in [4.69, 9.17) is 27.9 Å². The lowest BCUT2D eigenvalue weighted by Crippen LogP contribution is -2.43. The first-order chi connectivity index (χ1) is 13.8. The molecule has 1 amide bonds. The van der Waals surface area contributed by atoms with Crippen LogP contribution < -0.4 is 4.74 Å². The summed E-state index contributed by atoms with van der Waals surface area (Å²) in [7, 11) is -3.13. The molecule has 1 aliphatic rings. The van der Waals surface area contributed by atoms with Gasteiger partial charge in [-0.05, 0) is 42.2 Å². The number of rotatable bonds is 7. The van der Waals surface area contributed by atoms with Crippen LogP contribution in [0.1, 0.15) is 24.5 Å². The van der Waals surface area contributed by atoms with Crippen molar-refractivity contribution in [3.63, 3.8) is 0 Å². The maximum atomic E-state index is 13.0. The van der Waals surface area contributed by atoms with Gasteiger partial charge in [-0.2, -0.15) is 0 Å². The van der Waals surface area contributed by atoms with Crippen molar-refractivity contribution in [2.75, 3.05) is 18.1 Å². The third kappa shape index (κ3) is 5.87. The average Bonchev–Trinajstić information content (AvgIpc) is 3.05. The monoisotopic (exact) mass is 455 g/mol. The third-order valence-electron chi connectivity index (χ3n) is 5.00. The number of sulfone groups is 1. The van der Waals surface area contributed by atoms with Crippen molar-refractivity contribution in [2.24, 2.45) is 0 Å². The number of halogens is 2. The molecule has 156 valence electrons. The zero-order valence-corrected chi connectivity index (χ0v) is 18.4. The van der Waals surface area contributed by atoms with Gasteiger partial charge in [0.05, 0.1) is 16.5 Å². The molecule has 1 aliphatic heterocycles. The van der Waals surface area contributed by atoms with Crippen LogP contribution in [0.4, 0.5) is 0 Å². The summed E-state index contributed by atoms with van der Waals surface area (Å²) in [6, 6.07) is 12.4. The van der Waals surface area contributed by atoms with Crippen LogP contribution in [0.25, 0.3) is 0 Å². The van der Waals surface area contributed by atoms with Crippen molar-refractivity contribution < 1.29 is 17.9 Å². The molecule has 0 radical (unpaired) electrons. The van der Waals surface area contributed by atoms with Gasteiger partial charge in [0.1, 0.15) is 5.75 Å². The molecule has 0 spiro atoms. The van der Waals surface area contributed by atoms with E-state index in [1.54, 1.807) is 23.1 Å². The number of nitrogens with zero attached hydrogens (tertiary/aromatic N) is 1. The molecule has 5 nitrogen and oxygen atoms in total. The average molecular weight is 456 g/mol. The predicted molar refractivity (Wildman–Crippen MR) is 115 cm³/mol. The molecule has 8 heteroatoms. The fraction of sp³-hybridized carbons (Fsp3) is 0.381. The Labute approximate surface area is 181 Å². The topological polar surface area (TPSA) is 63.7 Å². The highest BCUT2D eigenvalue weighted by atomic mass is 35.5. The van der Waals surface area contributed by atoms with E-state index in [0.29, 0.717) is 28.8 Å². The minimum absolute atomic E-state index is 0.0204. The molecule has 1 atom stereocenters. The van der Waals surface area contributed by atoms with E-state index in [1.165, 1.54) is 5.56 Å². The normalized spacial score (nSPS) is 17.8. The minimum atomic E-state index is -3.13. The molecule has 0 aliphatic carbocycles. The highest BCUT2D eigenvalue weighted by molar-refractivity contribution is 7.91. The van der Waals surface area contributed by atoms with Crippen LogP contribution in [0.15, 0.2) is 42.5 Å². The lowest BCUT2D eigenvalue weighted by molar-refractivity contribution is -0.136. The largest absolute Gasteiger partial charge is 0.482 e. The molecule has 3 rings (SSSR count). The van der Waals surface area contributed by atoms with Crippen LogP contribution in [0, 0.1) is 0 Å². The molecule has 2 aromatic carbocycles. The Bertz CT molecular complexity index is 977. The summed E-state index contributed by atoms with van der Waals surface area (Å²) in [5.41, 5.74) is 2.15. The van der Waals surface area contributed by atoms with Gasteiger partial charge in [-0.1, -0.05) is 54.4 Å². The highest BCUT2D eigenvalue weighted by Crippen LogP contribution is 2.28. The molecule has 2 aromatic rings. The number of ether oxygens (including phenoxy) is 1. The SMILES string of the molecule is CCc1ccc(CN(C(=O)COc2ccc(Cl)cc2Cl)[C@@H]2CCS(=O)(=O)C2)cc1. The summed E-state index contributed by atoms with van der Waals surface area (Å²) in [4.78, 5) is 14.6. The van der Waals surface area contributed by atoms with Gasteiger partial charge in [-0.3, -0.25) is 4.79 Å². The molecule has 1 heterocycles. The standard InChI is InChI=1S/C21H23Cl2NO4S/c1-2-15-3-5-16(6-4-15)12-24(18-9-10-29(26,27)14-18)21(25)13-28-20-8-7-17(22)11-19(20)23/h3-8,11,18H,2,9-10,12-14H2,1H3/t18-/m1/s1. The molecular weight excluding hydrogens is 433 g/mol. The van der Waals surface area contributed by atoms with Crippen LogP contribution in [0.3, 0.4) is 0 Å². The number of amides is 1. The number of aryl methyl sites for hydroxylation is 1. The summed E-state index contributed by atoms with van der Waals surface area (Å²) < 4.78 is 29.5. The fourth-order valence-corrected chi connectivity index (χ4v) is 5.53. The second kappa shape index (κ2) is 9.37. The molecule has 0 N–H and O–H groups in total. The van der Waals surface area contributed by atoms with Gasteiger partial charge in [0, 0.05) is 17.6 Å². The van der Waals surface area contributed by atoms with Crippen molar-refractivity contribution in [1.82, 2.24) is 4.90 Å². The Hall–Kier alpha value is -1.76. The van der Waals surface area contributed by atoms with E-state index in [1.807, 2.05) is 24.3 Å². The van der Waals surface area contributed by atoms with E-state index in [-0.39, 0.29) is 30.1 Å². The first-order valence-electron chi connectivity index (χ1n) is 9.43. The smallest absolute Gasteiger partial charge is 0.261 e. The van der Waals surface area contributed by atoms with Crippen molar-refractivity contribution in [1.29, 1.82) is 0 Å². The number of hydrogen-bond donors (Lipinski definition) is 0. The van der Waals surface area contributed by atoms with Crippen LogP contribution in [-0.2, 0) is 27.6 Å². The summed E-state index contributed by atoms with van der Waals surface area (Å²) in [6.07, 6.45) is 1.36. The van der Waals surface area contributed by atoms with Crippen molar-refractivity contribution in [2.45, 2.75) is 32.4 Å². The van der Waals surface area contributed by atoms with Crippen molar-refractivity contribution in [3.05, 3.63) is 63.6 Å². The van der Waals surface area contributed by atoms with Crippen LogP contribution in [-0.4, -0.2) is 43.4 Å². The Morgan fingerprint density at radius 2 is 1.83 bits per heavy atom. The van der Waals surface area contributed by atoms with Gasteiger partial charge >= 0.3 is 0 Å². The van der Waals surface area contributed by atoms with Gasteiger partial charge in [0.25, 0.3) is 5.91 Å². The molecule has 29 heavy (non-hydrogen) atoms. The van der Waals surface area contributed by atoms with Crippen LogP contribution >= 0.6 is 23.2 Å². The lowest BCUT2D eigenvalue weighted by atomic mass is 10.1. The molecule has 0 aromatic heterocycles. The lowest BCUT2D eigenvalue weighted by Gasteiger charge is -2.28. The van der Waals surface area contributed by atoms with E-state index < -0.39 is 9.84 Å². The Morgan fingerprint density at radius 3 is 2.41 bits per heavy atom. The fourth-order valence-electron chi connectivity index (χ4n) is 3.33. The summed E-state index contributed by atoms with van der Waals surface area (Å²) in [6.45, 7) is 2.18. The second-order valence-electron chi connectivity index (χ2n) is 7.11. The maximum absolute atomic E-state index is 13.0. The van der Waals surface area contributed by atoms with E-state index in [0.717, 1.165) is 12.0 Å². The quantitative estimate of drug-likeness (QED) is 0.628. The minimum Gasteiger partial charge on any atom is -0.482 e. The zero-order valence-electron chi connectivity index (χ0n) is 16.1. The molecule has 0 unspecified atom stereocenters. The third-order valence-corrected chi connectivity index (χ3v) is 7.28. The number of hydrogen-bond acceptors (Lipinski definition) is 4. The van der Waals surface area contributed by atoms with Crippen molar-refractivity contribution >= 4 is 38.9 Å². The Morgan fingerprint density at radius 1 is 1.14 bits per heavy atom. The van der Waals surface area contributed by atoms with Gasteiger partial charge in [0.2, 0.25) is 0 Å². The number of carbonyl (C=O) groups is 1. The Balaban J connectivity index is 1.75. The molecular formula is C21H23Cl2NO4S. The van der Waals surface area contributed by atoms with E-state index in [2.05, 4.69) is 6.92 Å². The first kappa shape index (κ1) is 21.9. The maximum Gasteiger partial charge on any atom is 0.261 e. The molecule has 1 saturated heterocycles. The van der Waals surface area contributed by atoms with E-state index in [9.17, 15) is 13.2 Å². The second-order valence-corrected chi connectivity index (χ2v) is 10.2. The zero-order chi connectivity index (χ0) is 21.0. The number of benzene rings is 2. The molecule has 0 saturated carbocycles. The van der Waals surface area contributed by atoms with Crippen LogP contribution in [0.5, 0.6) is 5.75 Å². The molecule has 0 bridgehead atoms. The van der Waals surface area contributed by atoms with Gasteiger partial charge in [-0.25, -0.2) is 8.42 Å². The summed E-state index contributed by atoms with van der Waals surface area (Å²) in [5.74, 6) is 0.154. The summed E-state index contributed by atoms with van der Waals surface area (Å²) in [5, 5.41) is 0.789. The van der Waals surface area contributed by atoms with Gasteiger partial charge < -0.3 is 9.64 Å². The van der Waals surface area contributed by atoms with Gasteiger partial charge in [0.15, 0.2) is 16.4 Å². The Kier molecular flexibility index (Phi) is 7.09. The first-order valence-corrected chi connectivity index (χ1v) is 12.0. The highest BCUT2D eigenvalue weighted by Gasteiger charge is 2.34. The summed E-state index contributed by atoms with van der Waals surface area (Å²) >= 11 is 12.0. The number of carbonyl (C=O) groups excluding carboxylic acids is 1. The van der Waals surface area contributed by atoms with E-state index >= 15 is 0 Å². The molecule has 1 fully saturated rings. The van der Waals surface area contributed by atoms with Crippen molar-refractivity contribution in [3.8, 4) is 5.75 Å². The van der Waals surface area contributed by atoms with Crippen LogP contribution in [0.2, 0.25) is 10.0 Å². The predicted octanol–water partition coefficient (Wildman–Crippen LogP) is 4.15.